The molecule has 1 aromatic rings. The molecule has 4 N–H and O–H groups in total. The van der Waals surface area contributed by atoms with Crippen LogP contribution in [0.3, 0.4) is 0 Å². The summed E-state index contributed by atoms with van der Waals surface area (Å²) in [4.78, 5) is 1.60. The minimum atomic E-state index is -0.671. The zero-order valence-corrected chi connectivity index (χ0v) is 11.0. The molecule has 1 aliphatic heterocycles. The van der Waals surface area contributed by atoms with Gasteiger partial charge in [0.2, 0.25) is 0 Å². The highest BCUT2D eigenvalue weighted by Gasteiger charge is 2.23. The molecule has 1 saturated heterocycles. The van der Waals surface area contributed by atoms with Crippen molar-refractivity contribution >= 4 is 28.7 Å². The molecule has 1 fully saturated rings. The summed E-state index contributed by atoms with van der Waals surface area (Å²) in [6, 6.07) is 2.31. The van der Waals surface area contributed by atoms with Crippen LogP contribution >= 0.6 is 12.2 Å². The molecule has 0 aliphatic carbocycles. The molecule has 0 spiro atoms. The lowest BCUT2D eigenvalue weighted by Crippen LogP contribution is -2.36. The predicted octanol–water partition coefficient (Wildman–Crippen LogP) is 1.58. The molecule has 0 radical (unpaired) electrons. The zero-order valence-electron chi connectivity index (χ0n) is 10.2. The molecule has 0 amide bonds. The highest BCUT2D eigenvalue weighted by Crippen LogP contribution is 2.29. The van der Waals surface area contributed by atoms with Crippen molar-refractivity contribution < 1.29 is 13.9 Å². The van der Waals surface area contributed by atoms with Gasteiger partial charge in [-0.05, 0) is 37.2 Å². The Morgan fingerprint density at radius 1 is 1.32 bits per heavy atom. The standard InChI is InChI=1S/C12H15F2N3OS/c13-9-5-7(16-12(15)19)6-10(14)11(9)17-3-1-8(18)2-4-17/h5-6,8,18H,1-4H2,(H3,15,16,19). The van der Waals surface area contributed by atoms with Crippen molar-refractivity contribution in [1.82, 2.24) is 0 Å². The Labute approximate surface area is 115 Å². The molecule has 4 nitrogen and oxygen atoms in total. The first-order valence-corrected chi connectivity index (χ1v) is 6.36. The summed E-state index contributed by atoms with van der Waals surface area (Å²) < 4.78 is 27.9. The van der Waals surface area contributed by atoms with Gasteiger partial charge >= 0.3 is 0 Å². The van der Waals surface area contributed by atoms with E-state index in [1.165, 1.54) is 0 Å². The summed E-state index contributed by atoms with van der Waals surface area (Å²) in [7, 11) is 0. The summed E-state index contributed by atoms with van der Waals surface area (Å²) in [5.74, 6) is -1.34. The SMILES string of the molecule is NC(=S)Nc1cc(F)c(N2CCC(O)CC2)c(F)c1. The first kappa shape index (κ1) is 14.0. The Hall–Kier alpha value is -1.47. The largest absolute Gasteiger partial charge is 0.393 e. The summed E-state index contributed by atoms with van der Waals surface area (Å²) in [6.07, 6.45) is 0.621. The van der Waals surface area contributed by atoms with Gasteiger partial charge in [-0.3, -0.25) is 0 Å². The van der Waals surface area contributed by atoms with Gasteiger partial charge in [0.15, 0.2) is 16.7 Å². The van der Waals surface area contributed by atoms with Crippen LogP contribution in [0.15, 0.2) is 12.1 Å². The first-order chi connectivity index (χ1) is 8.97. The molecule has 1 aliphatic rings. The van der Waals surface area contributed by atoms with Crippen molar-refractivity contribution in [1.29, 1.82) is 0 Å². The van der Waals surface area contributed by atoms with Crippen LogP contribution < -0.4 is 16.0 Å². The van der Waals surface area contributed by atoms with Gasteiger partial charge in [0.05, 0.1) is 6.10 Å². The number of nitrogens with one attached hydrogen (secondary N) is 1. The molecule has 1 aromatic carbocycles. The molecular formula is C12H15F2N3OS. The molecule has 19 heavy (non-hydrogen) atoms. The Bertz CT molecular complexity index is 467. The molecule has 2 rings (SSSR count). The number of piperidine rings is 1. The smallest absolute Gasteiger partial charge is 0.168 e. The molecule has 0 unspecified atom stereocenters. The molecular weight excluding hydrogens is 272 g/mol. The van der Waals surface area contributed by atoms with Crippen LogP contribution in [0, 0.1) is 11.6 Å². The number of thiocarbonyl (C=S) groups is 1. The normalized spacial score (nSPS) is 16.5. The number of hydrogen-bond acceptors (Lipinski definition) is 3. The Kier molecular flexibility index (Phi) is 4.16. The van der Waals surface area contributed by atoms with Crippen molar-refractivity contribution in [2.45, 2.75) is 18.9 Å². The second-order valence-corrected chi connectivity index (χ2v) is 4.94. The highest BCUT2D eigenvalue weighted by molar-refractivity contribution is 7.80. The molecule has 0 saturated carbocycles. The number of aliphatic hydroxyl groups is 1. The van der Waals surface area contributed by atoms with Crippen molar-refractivity contribution in [3.8, 4) is 0 Å². The lowest BCUT2D eigenvalue weighted by Gasteiger charge is -2.32. The minimum absolute atomic E-state index is 0.0485. The lowest BCUT2D eigenvalue weighted by atomic mass is 10.1. The molecule has 104 valence electrons. The van der Waals surface area contributed by atoms with Gasteiger partial charge in [0, 0.05) is 18.8 Å². The summed E-state index contributed by atoms with van der Waals surface area (Å²) in [6.45, 7) is 0.855. The van der Waals surface area contributed by atoms with Crippen molar-refractivity contribution in [3.05, 3.63) is 23.8 Å². The third-order valence-electron chi connectivity index (χ3n) is 3.07. The van der Waals surface area contributed by atoms with Gasteiger partial charge in [-0.1, -0.05) is 0 Å². The first-order valence-electron chi connectivity index (χ1n) is 5.96. The second kappa shape index (κ2) is 5.66. The summed E-state index contributed by atoms with van der Waals surface area (Å²) in [5.41, 5.74) is 5.37. The van der Waals surface area contributed by atoms with Crippen molar-refractivity contribution in [2.24, 2.45) is 5.73 Å². The summed E-state index contributed by atoms with van der Waals surface area (Å²) >= 11 is 4.62. The Morgan fingerprint density at radius 2 is 1.84 bits per heavy atom. The van der Waals surface area contributed by atoms with Crippen molar-refractivity contribution in [3.63, 3.8) is 0 Å². The van der Waals surface area contributed by atoms with E-state index in [2.05, 4.69) is 17.5 Å². The number of nitrogens with zero attached hydrogens (tertiary/aromatic N) is 1. The van der Waals surface area contributed by atoms with Crippen LogP contribution in [0.2, 0.25) is 0 Å². The average Bonchev–Trinajstić information content (AvgIpc) is 2.29. The topological polar surface area (TPSA) is 61.5 Å². The van der Waals surface area contributed by atoms with Crippen LogP contribution in [0.1, 0.15) is 12.8 Å². The second-order valence-electron chi connectivity index (χ2n) is 4.50. The van der Waals surface area contributed by atoms with E-state index in [4.69, 9.17) is 5.73 Å². The molecule has 0 bridgehead atoms. The summed E-state index contributed by atoms with van der Waals surface area (Å²) in [5, 5.41) is 11.8. The lowest BCUT2D eigenvalue weighted by molar-refractivity contribution is 0.145. The molecule has 0 atom stereocenters. The van der Waals surface area contributed by atoms with Crippen LogP contribution in [0.25, 0.3) is 0 Å². The number of hydrogen-bond donors (Lipinski definition) is 3. The Balaban J connectivity index is 2.24. The number of aliphatic hydroxyl groups excluding tert-OH is 1. The monoisotopic (exact) mass is 287 g/mol. The fraction of sp³-hybridized carbons (Fsp3) is 0.417. The van der Waals surface area contributed by atoms with Gasteiger partial charge < -0.3 is 21.1 Å². The quantitative estimate of drug-likeness (QED) is 0.721. The van der Waals surface area contributed by atoms with Crippen LogP contribution in [-0.4, -0.2) is 29.4 Å². The van der Waals surface area contributed by atoms with E-state index >= 15 is 0 Å². The molecule has 7 heteroatoms. The molecule has 1 heterocycles. The van der Waals surface area contributed by atoms with E-state index < -0.39 is 17.7 Å². The fourth-order valence-corrected chi connectivity index (χ4v) is 2.29. The van der Waals surface area contributed by atoms with E-state index in [9.17, 15) is 13.9 Å². The van der Waals surface area contributed by atoms with E-state index in [1.807, 2.05) is 0 Å². The van der Waals surface area contributed by atoms with Crippen LogP contribution in [-0.2, 0) is 0 Å². The number of anilines is 2. The fourth-order valence-electron chi connectivity index (χ4n) is 2.17. The van der Waals surface area contributed by atoms with Gasteiger partial charge in [-0.2, -0.15) is 0 Å². The van der Waals surface area contributed by atoms with E-state index in [0.29, 0.717) is 25.9 Å². The number of nitrogens with two attached hydrogens (primary N) is 1. The van der Waals surface area contributed by atoms with Gasteiger partial charge in [0.25, 0.3) is 0 Å². The Morgan fingerprint density at radius 3 is 2.32 bits per heavy atom. The van der Waals surface area contributed by atoms with E-state index in [-0.39, 0.29) is 16.5 Å². The van der Waals surface area contributed by atoms with Crippen LogP contribution in [0.5, 0.6) is 0 Å². The van der Waals surface area contributed by atoms with Crippen LogP contribution in [0.4, 0.5) is 20.2 Å². The highest BCUT2D eigenvalue weighted by atomic mass is 32.1. The number of rotatable bonds is 2. The third kappa shape index (κ3) is 3.30. The third-order valence-corrected chi connectivity index (χ3v) is 3.17. The maximum atomic E-state index is 14.0. The minimum Gasteiger partial charge on any atom is -0.393 e. The number of benzene rings is 1. The predicted molar refractivity (Wildman–Crippen MR) is 74.2 cm³/mol. The maximum Gasteiger partial charge on any atom is 0.168 e. The zero-order chi connectivity index (χ0) is 14.0. The number of halogens is 2. The van der Waals surface area contributed by atoms with E-state index in [0.717, 1.165) is 12.1 Å². The van der Waals surface area contributed by atoms with Gasteiger partial charge in [-0.15, -0.1) is 0 Å². The van der Waals surface area contributed by atoms with Gasteiger partial charge in [-0.25, -0.2) is 8.78 Å². The van der Waals surface area contributed by atoms with E-state index in [1.54, 1.807) is 4.90 Å². The van der Waals surface area contributed by atoms with Crippen molar-refractivity contribution in [2.75, 3.05) is 23.3 Å². The molecule has 0 aromatic heterocycles. The van der Waals surface area contributed by atoms with Gasteiger partial charge in [0.1, 0.15) is 5.69 Å². The average molecular weight is 287 g/mol. The maximum absolute atomic E-state index is 14.0.